The van der Waals surface area contributed by atoms with E-state index >= 15 is 0 Å². The number of carbonyl (C=O) groups is 1. The Bertz CT molecular complexity index is 573. The number of hydrogen-bond donors (Lipinski definition) is 2. The highest BCUT2D eigenvalue weighted by Gasteiger charge is 2.19. The molecule has 0 aliphatic heterocycles. The SMILES string of the molecule is CC(C)CC(=O)NNS(=O)(=O)c1cc(Br)ccc1Br. The van der Waals surface area contributed by atoms with E-state index < -0.39 is 10.0 Å². The van der Waals surface area contributed by atoms with E-state index in [1.54, 1.807) is 12.1 Å². The maximum absolute atomic E-state index is 12.0. The molecule has 2 N–H and O–H groups in total. The number of benzene rings is 1. The van der Waals surface area contributed by atoms with Gasteiger partial charge in [0.25, 0.3) is 10.0 Å². The van der Waals surface area contributed by atoms with Crippen molar-refractivity contribution in [1.82, 2.24) is 10.3 Å². The molecular formula is C11H14Br2N2O3S. The van der Waals surface area contributed by atoms with Crippen LogP contribution in [-0.4, -0.2) is 14.3 Å². The van der Waals surface area contributed by atoms with Crippen molar-refractivity contribution in [3.8, 4) is 0 Å². The number of sulfonamides is 1. The summed E-state index contributed by atoms with van der Waals surface area (Å²) in [4.78, 5) is 13.5. The van der Waals surface area contributed by atoms with Gasteiger partial charge in [-0.05, 0) is 40.0 Å². The van der Waals surface area contributed by atoms with Crippen LogP contribution < -0.4 is 10.3 Å². The molecule has 0 aliphatic rings. The molecule has 0 fully saturated rings. The minimum absolute atomic E-state index is 0.0479. The number of amides is 1. The summed E-state index contributed by atoms with van der Waals surface area (Å²) >= 11 is 6.36. The zero-order valence-corrected chi connectivity index (χ0v) is 14.4. The first kappa shape index (κ1) is 16.6. The largest absolute Gasteiger partial charge is 0.278 e. The van der Waals surface area contributed by atoms with Gasteiger partial charge in [-0.2, -0.15) is 0 Å². The lowest BCUT2D eigenvalue weighted by Crippen LogP contribution is -2.42. The van der Waals surface area contributed by atoms with E-state index in [2.05, 4.69) is 42.1 Å². The van der Waals surface area contributed by atoms with Gasteiger partial charge >= 0.3 is 0 Å². The Morgan fingerprint density at radius 2 is 1.95 bits per heavy atom. The summed E-state index contributed by atoms with van der Waals surface area (Å²) in [6, 6.07) is 4.76. The Balaban J connectivity index is 2.82. The van der Waals surface area contributed by atoms with Crippen LogP contribution in [-0.2, 0) is 14.8 Å². The number of nitrogens with one attached hydrogen (secondary N) is 2. The Hall–Kier alpha value is -0.440. The third-order valence-electron chi connectivity index (χ3n) is 2.10. The normalized spacial score (nSPS) is 11.6. The van der Waals surface area contributed by atoms with Crippen molar-refractivity contribution in [3.63, 3.8) is 0 Å². The molecule has 0 heterocycles. The second-order valence-electron chi connectivity index (χ2n) is 4.33. The second-order valence-corrected chi connectivity index (χ2v) is 7.75. The zero-order valence-electron chi connectivity index (χ0n) is 10.4. The van der Waals surface area contributed by atoms with E-state index in [1.165, 1.54) is 6.07 Å². The molecule has 0 aromatic heterocycles. The first-order valence-electron chi connectivity index (χ1n) is 5.48. The van der Waals surface area contributed by atoms with Crippen LogP contribution in [0.1, 0.15) is 20.3 Å². The van der Waals surface area contributed by atoms with Crippen LogP contribution in [0.15, 0.2) is 32.0 Å². The average Bonchev–Trinajstić information content (AvgIpc) is 2.29. The van der Waals surface area contributed by atoms with Gasteiger partial charge in [0.1, 0.15) is 0 Å². The van der Waals surface area contributed by atoms with Crippen molar-refractivity contribution in [3.05, 3.63) is 27.1 Å². The van der Waals surface area contributed by atoms with Gasteiger partial charge in [-0.25, -0.2) is 8.42 Å². The Morgan fingerprint density at radius 1 is 1.32 bits per heavy atom. The van der Waals surface area contributed by atoms with Gasteiger partial charge in [0.05, 0.1) is 4.90 Å². The molecule has 1 aromatic carbocycles. The van der Waals surface area contributed by atoms with Crippen LogP contribution in [0.3, 0.4) is 0 Å². The molecule has 5 nitrogen and oxygen atoms in total. The van der Waals surface area contributed by atoms with Gasteiger partial charge in [0, 0.05) is 15.4 Å². The van der Waals surface area contributed by atoms with Crippen molar-refractivity contribution in [2.45, 2.75) is 25.2 Å². The molecule has 0 unspecified atom stereocenters. The van der Waals surface area contributed by atoms with Crippen LogP contribution in [0.4, 0.5) is 0 Å². The second kappa shape index (κ2) is 6.83. The van der Waals surface area contributed by atoms with Crippen molar-refractivity contribution in [2.75, 3.05) is 0 Å². The maximum atomic E-state index is 12.0. The van der Waals surface area contributed by atoms with Gasteiger partial charge in [0.15, 0.2) is 0 Å². The smallest absolute Gasteiger partial charge is 0.258 e. The summed E-state index contributed by atoms with van der Waals surface area (Å²) in [5.41, 5.74) is 2.19. The molecule has 0 saturated carbocycles. The molecular weight excluding hydrogens is 400 g/mol. The predicted molar refractivity (Wildman–Crippen MR) is 79.8 cm³/mol. The Morgan fingerprint density at radius 3 is 2.53 bits per heavy atom. The van der Waals surface area contributed by atoms with E-state index in [0.717, 1.165) is 0 Å². The summed E-state index contributed by atoms with van der Waals surface area (Å²) in [6.07, 6.45) is 0.252. The van der Waals surface area contributed by atoms with Gasteiger partial charge < -0.3 is 0 Å². The van der Waals surface area contributed by atoms with E-state index in [1.807, 2.05) is 13.8 Å². The minimum Gasteiger partial charge on any atom is -0.278 e. The summed E-state index contributed by atoms with van der Waals surface area (Å²) in [6.45, 7) is 3.75. The van der Waals surface area contributed by atoms with E-state index in [9.17, 15) is 13.2 Å². The topological polar surface area (TPSA) is 75.3 Å². The zero-order chi connectivity index (χ0) is 14.6. The third kappa shape index (κ3) is 5.21. The monoisotopic (exact) mass is 412 g/mol. The molecule has 0 bridgehead atoms. The Labute approximate surface area is 129 Å². The summed E-state index contributed by atoms with van der Waals surface area (Å²) in [7, 11) is -3.80. The highest BCUT2D eigenvalue weighted by molar-refractivity contribution is 9.11. The van der Waals surface area contributed by atoms with E-state index in [0.29, 0.717) is 8.95 Å². The molecule has 0 radical (unpaired) electrons. The van der Waals surface area contributed by atoms with Crippen LogP contribution in [0.5, 0.6) is 0 Å². The van der Waals surface area contributed by atoms with Crippen molar-refractivity contribution in [2.24, 2.45) is 5.92 Å². The molecule has 1 aromatic rings. The van der Waals surface area contributed by atoms with Gasteiger partial charge in [0.2, 0.25) is 5.91 Å². The fourth-order valence-corrected chi connectivity index (χ4v) is 3.65. The number of halogens is 2. The van der Waals surface area contributed by atoms with Gasteiger partial charge in [-0.1, -0.05) is 29.8 Å². The van der Waals surface area contributed by atoms with Crippen molar-refractivity contribution in [1.29, 1.82) is 0 Å². The maximum Gasteiger partial charge on any atom is 0.258 e. The molecule has 0 atom stereocenters. The molecule has 19 heavy (non-hydrogen) atoms. The molecule has 0 spiro atoms. The quantitative estimate of drug-likeness (QED) is 0.728. The number of rotatable bonds is 5. The van der Waals surface area contributed by atoms with Crippen molar-refractivity contribution < 1.29 is 13.2 Å². The van der Waals surface area contributed by atoms with Crippen LogP contribution >= 0.6 is 31.9 Å². The standard InChI is InChI=1S/C11H14Br2N2O3S/c1-7(2)5-11(16)14-15-19(17,18)10-6-8(12)3-4-9(10)13/h3-4,6-7,15H,5H2,1-2H3,(H,14,16). The molecule has 1 rings (SSSR count). The number of hydrogen-bond acceptors (Lipinski definition) is 3. The lowest BCUT2D eigenvalue weighted by atomic mass is 10.1. The lowest BCUT2D eigenvalue weighted by molar-refractivity contribution is -0.122. The first-order valence-corrected chi connectivity index (χ1v) is 8.55. The fraction of sp³-hybridized carbons (Fsp3) is 0.364. The van der Waals surface area contributed by atoms with Crippen LogP contribution in [0, 0.1) is 5.92 Å². The highest BCUT2D eigenvalue weighted by Crippen LogP contribution is 2.25. The van der Waals surface area contributed by atoms with Gasteiger partial charge in [-0.3, -0.25) is 10.2 Å². The lowest BCUT2D eigenvalue weighted by Gasteiger charge is -2.11. The molecule has 0 aliphatic carbocycles. The first-order chi connectivity index (χ1) is 8.72. The fourth-order valence-electron chi connectivity index (χ4n) is 1.28. The minimum atomic E-state index is -3.80. The third-order valence-corrected chi connectivity index (χ3v) is 4.84. The van der Waals surface area contributed by atoms with E-state index in [-0.39, 0.29) is 23.1 Å². The molecule has 0 saturated heterocycles. The summed E-state index contributed by atoms with van der Waals surface area (Å²) < 4.78 is 25.1. The molecule has 8 heteroatoms. The summed E-state index contributed by atoms with van der Waals surface area (Å²) in [5.74, 6) is -0.216. The number of carbonyl (C=O) groups excluding carboxylic acids is 1. The molecule has 1 amide bonds. The van der Waals surface area contributed by atoms with Crippen molar-refractivity contribution >= 4 is 47.8 Å². The average molecular weight is 414 g/mol. The summed E-state index contributed by atoms with van der Waals surface area (Å²) in [5, 5.41) is 0. The van der Waals surface area contributed by atoms with E-state index in [4.69, 9.17) is 0 Å². The van der Waals surface area contributed by atoms with Gasteiger partial charge in [-0.15, -0.1) is 4.83 Å². The predicted octanol–water partition coefficient (Wildman–Crippen LogP) is 2.57. The molecule has 106 valence electrons. The highest BCUT2D eigenvalue weighted by atomic mass is 79.9. The number of hydrazine groups is 1. The Kier molecular flexibility index (Phi) is 5.97. The van der Waals surface area contributed by atoms with Crippen LogP contribution in [0.25, 0.3) is 0 Å². The van der Waals surface area contributed by atoms with Crippen LogP contribution in [0.2, 0.25) is 0 Å².